The summed E-state index contributed by atoms with van der Waals surface area (Å²) in [6.45, 7) is 2.71. The number of carboxylic acids is 1. The Kier molecular flexibility index (Phi) is 5.55. The van der Waals surface area contributed by atoms with Crippen LogP contribution in [0, 0.1) is 0 Å². The summed E-state index contributed by atoms with van der Waals surface area (Å²) in [6, 6.07) is 7.22. The van der Waals surface area contributed by atoms with Crippen LogP contribution in [0.4, 0.5) is 0 Å². The zero-order valence-electron chi connectivity index (χ0n) is 12.3. The first-order chi connectivity index (χ1) is 10.2. The molecule has 0 unspecified atom stereocenters. The van der Waals surface area contributed by atoms with Crippen LogP contribution in [0.5, 0.6) is 5.75 Å². The minimum absolute atomic E-state index is 0.203. The highest BCUT2D eigenvalue weighted by molar-refractivity contribution is 6.04. The summed E-state index contributed by atoms with van der Waals surface area (Å²) in [5, 5.41) is 10.0. The van der Waals surface area contributed by atoms with Crippen LogP contribution in [-0.4, -0.2) is 22.7 Å². The molecule has 0 amide bonds. The Labute approximate surface area is 124 Å². The maximum Gasteiger partial charge on any atom is 0.340 e. The van der Waals surface area contributed by atoms with Gasteiger partial charge in [0.25, 0.3) is 0 Å². The largest absolute Gasteiger partial charge is 0.491 e. The third-order valence-corrected chi connectivity index (χ3v) is 3.46. The molecular formula is C17H21NO3. The minimum atomic E-state index is -0.977. The molecule has 0 atom stereocenters. The first-order valence-electron chi connectivity index (χ1n) is 7.48. The molecule has 0 spiro atoms. The second-order valence-electron chi connectivity index (χ2n) is 5.08. The number of rotatable bonds is 8. The van der Waals surface area contributed by atoms with Crippen molar-refractivity contribution < 1.29 is 14.6 Å². The number of hydrogen-bond donors (Lipinski definition) is 1. The molecule has 1 aromatic heterocycles. The summed E-state index contributed by atoms with van der Waals surface area (Å²) >= 11 is 0. The molecule has 4 nitrogen and oxygen atoms in total. The molecule has 1 N–H and O–H groups in total. The van der Waals surface area contributed by atoms with Crippen LogP contribution in [0.25, 0.3) is 10.9 Å². The second-order valence-corrected chi connectivity index (χ2v) is 5.08. The number of nitrogens with zero attached hydrogens (tertiary/aromatic N) is 1. The minimum Gasteiger partial charge on any atom is -0.491 e. The number of carbonyl (C=O) groups is 1. The SMILES string of the molecule is CCCCCCCOc1cnc2ccccc2c1C(=O)O. The van der Waals surface area contributed by atoms with E-state index in [1.807, 2.05) is 12.1 Å². The van der Waals surface area contributed by atoms with Gasteiger partial charge in [-0.15, -0.1) is 0 Å². The van der Waals surface area contributed by atoms with Gasteiger partial charge >= 0.3 is 5.97 Å². The molecule has 0 aliphatic rings. The quantitative estimate of drug-likeness (QED) is 0.736. The molecule has 21 heavy (non-hydrogen) atoms. The summed E-state index contributed by atoms with van der Waals surface area (Å²) in [6.07, 6.45) is 7.19. The number of carboxylic acid groups (broad SMARTS) is 1. The molecule has 4 heteroatoms. The number of aromatic carboxylic acids is 1. The smallest absolute Gasteiger partial charge is 0.340 e. The topological polar surface area (TPSA) is 59.4 Å². The van der Waals surface area contributed by atoms with Crippen molar-refractivity contribution in [1.82, 2.24) is 4.98 Å². The van der Waals surface area contributed by atoms with Crippen LogP contribution in [0.15, 0.2) is 30.5 Å². The van der Waals surface area contributed by atoms with Crippen LogP contribution < -0.4 is 4.74 Å². The number of ether oxygens (including phenoxy) is 1. The van der Waals surface area contributed by atoms with Crippen molar-refractivity contribution in [2.45, 2.75) is 39.0 Å². The predicted octanol–water partition coefficient (Wildman–Crippen LogP) is 4.28. The van der Waals surface area contributed by atoms with Gasteiger partial charge in [0, 0.05) is 5.39 Å². The fraction of sp³-hybridized carbons (Fsp3) is 0.412. The zero-order valence-corrected chi connectivity index (χ0v) is 12.3. The van der Waals surface area contributed by atoms with Crippen molar-refractivity contribution in [2.75, 3.05) is 6.61 Å². The Morgan fingerprint density at radius 1 is 1.19 bits per heavy atom. The van der Waals surface area contributed by atoms with Gasteiger partial charge in [0.2, 0.25) is 0 Å². The number of aromatic nitrogens is 1. The maximum atomic E-state index is 11.5. The molecule has 2 rings (SSSR count). The van der Waals surface area contributed by atoms with E-state index in [9.17, 15) is 9.90 Å². The van der Waals surface area contributed by atoms with Gasteiger partial charge in [-0.05, 0) is 12.5 Å². The predicted molar refractivity (Wildman–Crippen MR) is 83.0 cm³/mol. The normalized spacial score (nSPS) is 10.7. The van der Waals surface area contributed by atoms with Crippen molar-refractivity contribution in [2.24, 2.45) is 0 Å². The fourth-order valence-electron chi connectivity index (χ4n) is 2.34. The van der Waals surface area contributed by atoms with Crippen molar-refractivity contribution in [3.63, 3.8) is 0 Å². The average molecular weight is 287 g/mol. The van der Waals surface area contributed by atoms with E-state index < -0.39 is 5.97 Å². The number of para-hydroxylation sites is 1. The molecule has 0 saturated carbocycles. The highest BCUT2D eigenvalue weighted by Crippen LogP contribution is 2.26. The molecule has 1 aromatic carbocycles. The van der Waals surface area contributed by atoms with E-state index in [0.717, 1.165) is 12.8 Å². The molecule has 0 fully saturated rings. The Morgan fingerprint density at radius 3 is 2.71 bits per heavy atom. The molecule has 0 aliphatic heterocycles. The van der Waals surface area contributed by atoms with Crippen LogP contribution in [0.3, 0.4) is 0 Å². The van der Waals surface area contributed by atoms with Crippen LogP contribution >= 0.6 is 0 Å². The molecule has 1 heterocycles. The lowest BCUT2D eigenvalue weighted by Crippen LogP contribution is -2.06. The summed E-state index contributed by atoms with van der Waals surface area (Å²) in [5.74, 6) is -0.619. The number of benzene rings is 1. The zero-order chi connectivity index (χ0) is 15.1. The Bertz CT molecular complexity index is 610. The van der Waals surface area contributed by atoms with E-state index in [2.05, 4.69) is 11.9 Å². The van der Waals surface area contributed by atoms with Gasteiger partial charge in [-0.2, -0.15) is 0 Å². The van der Waals surface area contributed by atoms with Crippen molar-refractivity contribution in [3.8, 4) is 5.75 Å². The summed E-state index contributed by atoms with van der Waals surface area (Å²) < 4.78 is 5.64. The fourth-order valence-corrected chi connectivity index (χ4v) is 2.34. The number of fused-ring (bicyclic) bond motifs is 1. The van der Waals surface area contributed by atoms with E-state index in [1.165, 1.54) is 25.5 Å². The average Bonchev–Trinajstić information content (AvgIpc) is 2.50. The van der Waals surface area contributed by atoms with Gasteiger partial charge in [-0.3, -0.25) is 4.98 Å². The molecular weight excluding hydrogens is 266 g/mol. The number of hydrogen-bond acceptors (Lipinski definition) is 3. The highest BCUT2D eigenvalue weighted by atomic mass is 16.5. The standard InChI is InChI=1S/C17H21NO3/c1-2-3-4-5-8-11-21-15-12-18-14-10-7-6-9-13(14)16(15)17(19)20/h6-7,9-10,12H,2-5,8,11H2,1H3,(H,19,20). The molecule has 0 radical (unpaired) electrons. The molecule has 2 aromatic rings. The van der Waals surface area contributed by atoms with Crippen LogP contribution in [-0.2, 0) is 0 Å². The first-order valence-corrected chi connectivity index (χ1v) is 7.48. The van der Waals surface area contributed by atoms with Crippen LogP contribution in [0.1, 0.15) is 49.4 Å². The van der Waals surface area contributed by atoms with E-state index in [0.29, 0.717) is 23.3 Å². The molecule has 0 saturated heterocycles. The lowest BCUT2D eigenvalue weighted by molar-refractivity contribution is 0.0694. The van der Waals surface area contributed by atoms with Gasteiger partial charge < -0.3 is 9.84 Å². The van der Waals surface area contributed by atoms with E-state index >= 15 is 0 Å². The van der Waals surface area contributed by atoms with Gasteiger partial charge in [0.1, 0.15) is 5.56 Å². The maximum absolute atomic E-state index is 11.5. The van der Waals surface area contributed by atoms with E-state index in [1.54, 1.807) is 12.1 Å². The number of unbranched alkanes of at least 4 members (excludes halogenated alkanes) is 4. The van der Waals surface area contributed by atoms with Crippen LogP contribution in [0.2, 0.25) is 0 Å². The number of pyridine rings is 1. The lowest BCUT2D eigenvalue weighted by atomic mass is 10.1. The molecule has 0 aliphatic carbocycles. The van der Waals surface area contributed by atoms with Crippen molar-refractivity contribution >= 4 is 16.9 Å². The van der Waals surface area contributed by atoms with Crippen molar-refractivity contribution in [1.29, 1.82) is 0 Å². The third kappa shape index (κ3) is 3.94. The molecule has 112 valence electrons. The van der Waals surface area contributed by atoms with E-state index in [-0.39, 0.29) is 5.56 Å². The third-order valence-electron chi connectivity index (χ3n) is 3.46. The molecule has 0 bridgehead atoms. The highest BCUT2D eigenvalue weighted by Gasteiger charge is 2.16. The summed E-state index contributed by atoms with van der Waals surface area (Å²) in [5.41, 5.74) is 0.874. The Hall–Kier alpha value is -2.10. The Morgan fingerprint density at radius 2 is 1.95 bits per heavy atom. The second kappa shape index (κ2) is 7.62. The van der Waals surface area contributed by atoms with Gasteiger partial charge in [0.05, 0.1) is 18.3 Å². The lowest BCUT2D eigenvalue weighted by Gasteiger charge is -2.10. The van der Waals surface area contributed by atoms with E-state index in [4.69, 9.17) is 4.74 Å². The summed E-state index contributed by atoms with van der Waals surface area (Å²) in [7, 11) is 0. The van der Waals surface area contributed by atoms with Gasteiger partial charge in [0.15, 0.2) is 5.75 Å². The first kappa shape index (κ1) is 15.3. The van der Waals surface area contributed by atoms with Crippen molar-refractivity contribution in [3.05, 3.63) is 36.0 Å². The monoisotopic (exact) mass is 287 g/mol. The van der Waals surface area contributed by atoms with Gasteiger partial charge in [-0.1, -0.05) is 50.8 Å². The van der Waals surface area contributed by atoms with Gasteiger partial charge in [-0.25, -0.2) is 4.79 Å². The Balaban J connectivity index is 2.09. The summed E-state index contributed by atoms with van der Waals surface area (Å²) in [4.78, 5) is 15.8.